The summed E-state index contributed by atoms with van der Waals surface area (Å²) in [5.41, 5.74) is -0.409. The number of ether oxygens (including phenoxy) is 1. The Morgan fingerprint density at radius 2 is 2.06 bits per heavy atom. The lowest BCUT2D eigenvalue weighted by molar-refractivity contribution is -0.0365. The maximum absolute atomic E-state index is 8.60. The summed E-state index contributed by atoms with van der Waals surface area (Å²) in [4.78, 5) is 4.28. The molecule has 17 heavy (non-hydrogen) atoms. The maximum atomic E-state index is 8.60. The second-order valence-corrected chi connectivity index (χ2v) is 4.46. The highest BCUT2D eigenvalue weighted by Gasteiger charge is 2.37. The van der Waals surface area contributed by atoms with Gasteiger partial charge >= 0.3 is 0 Å². The Hall–Kier alpha value is -1.41. The van der Waals surface area contributed by atoms with E-state index in [9.17, 15) is 0 Å². The van der Waals surface area contributed by atoms with Gasteiger partial charge in [-0.1, -0.05) is 30.8 Å². The van der Waals surface area contributed by atoms with Gasteiger partial charge in [-0.15, -0.1) is 0 Å². The molecule has 1 saturated carbocycles. The molecule has 0 aromatic carbocycles. The molecule has 0 atom stereocenters. The molecule has 92 valence electrons. The van der Waals surface area contributed by atoms with Crippen molar-refractivity contribution >= 4 is 0 Å². The predicted octanol–water partition coefficient (Wildman–Crippen LogP) is 2.33. The summed E-state index contributed by atoms with van der Waals surface area (Å²) in [7, 11) is 1.70. The largest absolute Gasteiger partial charge is 0.370 e. The fourth-order valence-electron chi connectivity index (χ4n) is 2.40. The quantitative estimate of drug-likeness (QED) is 0.752. The van der Waals surface area contributed by atoms with Gasteiger partial charge in [0.1, 0.15) is 12.0 Å². The van der Waals surface area contributed by atoms with Crippen molar-refractivity contribution in [3.05, 3.63) is 11.7 Å². The molecule has 0 unspecified atom stereocenters. The van der Waals surface area contributed by atoms with Crippen molar-refractivity contribution in [3.63, 3.8) is 0 Å². The number of hydrogen-bond acceptors (Lipinski definition) is 5. The minimum Gasteiger partial charge on any atom is -0.370 e. The van der Waals surface area contributed by atoms with Gasteiger partial charge in [-0.05, 0) is 12.8 Å². The Labute approximate surface area is 101 Å². The van der Waals surface area contributed by atoms with Crippen LogP contribution in [0.3, 0.4) is 0 Å². The van der Waals surface area contributed by atoms with Gasteiger partial charge < -0.3 is 9.26 Å². The molecule has 2 rings (SSSR count). The van der Waals surface area contributed by atoms with Gasteiger partial charge in [0.05, 0.1) is 6.07 Å². The van der Waals surface area contributed by atoms with Crippen molar-refractivity contribution in [2.24, 2.45) is 0 Å². The van der Waals surface area contributed by atoms with Crippen LogP contribution < -0.4 is 0 Å². The first-order chi connectivity index (χ1) is 8.30. The third-order valence-corrected chi connectivity index (χ3v) is 3.41. The van der Waals surface area contributed by atoms with E-state index in [1.54, 1.807) is 7.11 Å². The van der Waals surface area contributed by atoms with E-state index in [1.165, 1.54) is 12.8 Å². The summed E-state index contributed by atoms with van der Waals surface area (Å²) in [5, 5.41) is 12.6. The van der Waals surface area contributed by atoms with Crippen LogP contribution in [0, 0.1) is 11.3 Å². The lowest BCUT2D eigenvalue weighted by Crippen LogP contribution is -2.29. The molecule has 0 radical (unpaired) electrons. The fraction of sp³-hybridized carbons (Fsp3) is 0.750. The third kappa shape index (κ3) is 2.47. The zero-order chi connectivity index (χ0) is 12.1. The number of rotatable bonds is 3. The molecule has 0 N–H and O–H groups in total. The van der Waals surface area contributed by atoms with Crippen molar-refractivity contribution in [1.82, 2.24) is 10.1 Å². The zero-order valence-corrected chi connectivity index (χ0v) is 10.1. The van der Waals surface area contributed by atoms with Crippen LogP contribution in [0.15, 0.2) is 4.52 Å². The standard InChI is InChI=1S/C12H17N3O2/c1-16-12(7-4-2-3-5-8-12)11-14-10(6-9-13)17-15-11/h2-8H2,1H3. The molecule has 0 aliphatic heterocycles. The molecular weight excluding hydrogens is 218 g/mol. The van der Waals surface area contributed by atoms with Crippen LogP contribution in [-0.4, -0.2) is 17.3 Å². The minimum atomic E-state index is -0.409. The van der Waals surface area contributed by atoms with E-state index in [0.29, 0.717) is 11.7 Å². The van der Waals surface area contributed by atoms with E-state index in [1.807, 2.05) is 6.07 Å². The molecule has 0 spiro atoms. The summed E-state index contributed by atoms with van der Waals surface area (Å²) in [6.07, 6.45) is 6.71. The predicted molar refractivity (Wildman–Crippen MR) is 60.0 cm³/mol. The van der Waals surface area contributed by atoms with E-state index < -0.39 is 5.60 Å². The van der Waals surface area contributed by atoms with Gasteiger partial charge in [0.25, 0.3) is 0 Å². The molecule has 1 aromatic rings. The number of nitrogens with zero attached hydrogens (tertiary/aromatic N) is 3. The summed E-state index contributed by atoms with van der Waals surface area (Å²) in [5.74, 6) is 0.982. The molecule has 0 saturated heterocycles. The highest BCUT2D eigenvalue weighted by atomic mass is 16.5. The average Bonchev–Trinajstić information content (AvgIpc) is 2.68. The second kappa shape index (κ2) is 5.28. The number of nitriles is 1. The Morgan fingerprint density at radius 1 is 1.35 bits per heavy atom. The smallest absolute Gasteiger partial charge is 0.240 e. The van der Waals surface area contributed by atoms with Crippen LogP contribution in [0.5, 0.6) is 0 Å². The summed E-state index contributed by atoms with van der Waals surface area (Å²) in [6.45, 7) is 0. The van der Waals surface area contributed by atoms with E-state index in [4.69, 9.17) is 14.5 Å². The molecule has 1 heterocycles. The Bertz CT molecular complexity index is 400. The van der Waals surface area contributed by atoms with Crippen molar-refractivity contribution < 1.29 is 9.26 Å². The molecule has 0 amide bonds. The van der Waals surface area contributed by atoms with E-state index in [-0.39, 0.29) is 6.42 Å². The normalized spacial score (nSPS) is 19.5. The number of hydrogen-bond donors (Lipinski definition) is 0. The molecule has 1 aliphatic rings. The van der Waals surface area contributed by atoms with Crippen LogP contribution in [0.1, 0.15) is 50.2 Å². The van der Waals surface area contributed by atoms with Crippen LogP contribution in [0.25, 0.3) is 0 Å². The minimum absolute atomic E-state index is 0.160. The van der Waals surface area contributed by atoms with Gasteiger partial charge in [-0.25, -0.2) is 0 Å². The highest BCUT2D eigenvalue weighted by Crippen LogP contribution is 2.37. The Morgan fingerprint density at radius 3 is 2.65 bits per heavy atom. The van der Waals surface area contributed by atoms with Gasteiger partial charge in [-0.3, -0.25) is 0 Å². The van der Waals surface area contributed by atoms with Crippen LogP contribution in [0.4, 0.5) is 0 Å². The van der Waals surface area contributed by atoms with Crippen molar-refractivity contribution in [3.8, 4) is 6.07 Å². The number of aromatic nitrogens is 2. The van der Waals surface area contributed by atoms with E-state index >= 15 is 0 Å². The zero-order valence-electron chi connectivity index (χ0n) is 10.1. The monoisotopic (exact) mass is 235 g/mol. The summed E-state index contributed by atoms with van der Waals surface area (Å²) < 4.78 is 10.7. The Balaban J connectivity index is 2.23. The second-order valence-electron chi connectivity index (χ2n) is 4.46. The lowest BCUT2D eigenvalue weighted by atomic mass is 9.93. The molecule has 5 nitrogen and oxygen atoms in total. The van der Waals surface area contributed by atoms with Gasteiger partial charge in [0, 0.05) is 7.11 Å². The van der Waals surface area contributed by atoms with Crippen molar-refractivity contribution in [1.29, 1.82) is 5.26 Å². The van der Waals surface area contributed by atoms with Gasteiger partial charge in [0.15, 0.2) is 0 Å². The van der Waals surface area contributed by atoms with Gasteiger partial charge in [0.2, 0.25) is 11.7 Å². The van der Waals surface area contributed by atoms with Crippen LogP contribution in [0.2, 0.25) is 0 Å². The lowest BCUT2D eigenvalue weighted by Gasteiger charge is -2.27. The molecule has 5 heteroatoms. The average molecular weight is 235 g/mol. The fourth-order valence-corrected chi connectivity index (χ4v) is 2.40. The number of methoxy groups -OCH3 is 1. The molecular formula is C12H17N3O2. The van der Waals surface area contributed by atoms with E-state index in [0.717, 1.165) is 25.7 Å². The first-order valence-electron chi connectivity index (χ1n) is 6.06. The highest BCUT2D eigenvalue weighted by molar-refractivity contribution is 5.04. The van der Waals surface area contributed by atoms with E-state index in [2.05, 4.69) is 10.1 Å². The van der Waals surface area contributed by atoms with Crippen molar-refractivity contribution in [2.45, 2.75) is 50.5 Å². The Kier molecular flexibility index (Phi) is 3.75. The molecule has 1 aliphatic carbocycles. The molecule has 1 aromatic heterocycles. The molecule has 0 bridgehead atoms. The topological polar surface area (TPSA) is 71.9 Å². The summed E-state index contributed by atoms with van der Waals surface area (Å²) in [6, 6.07) is 2.01. The molecule has 1 fully saturated rings. The van der Waals surface area contributed by atoms with Gasteiger partial charge in [-0.2, -0.15) is 10.2 Å². The SMILES string of the molecule is COC1(c2noc(CC#N)n2)CCCCCC1. The van der Waals surface area contributed by atoms with Crippen LogP contribution in [-0.2, 0) is 16.8 Å². The summed E-state index contributed by atoms with van der Waals surface area (Å²) >= 11 is 0. The van der Waals surface area contributed by atoms with Crippen LogP contribution >= 0.6 is 0 Å². The maximum Gasteiger partial charge on any atom is 0.240 e. The first-order valence-corrected chi connectivity index (χ1v) is 6.06. The van der Waals surface area contributed by atoms with Crippen molar-refractivity contribution in [2.75, 3.05) is 7.11 Å². The first kappa shape index (κ1) is 12.1. The third-order valence-electron chi connectivity index (χ3n) is 3.41.